The minimum absolute atomic E-state index is 0.00356. The van der Waals surface area contributed by atoms with Gasteiger partial charge < -0.3 is 25.4 Å². The van der Waals surface area contributed by atoms with Crippen molar-refractivity contribution in [2.75, 3.05) is 19.9 Å². The molecule has 26 heavy (non-hydrogen) atoms. The van der Waals surface area contributed by atoms with Gasteiger partial charge in [0.2, 0.25) is 0 Å². The third kappa shape index (κ3) is 4.20. The Balaban J connectivity index is 1.56. The predicted octanol–water partition coefficient (Wildman–Crippen LogP) is 0.341. The van der Waals surface area contributed by atoms with Crippen LogP contribution < -0.4 is 11.1 Å². The van der Waals surface area contributed by atoms with E-state index in [0.717, 1.165) is 24.8 Å². The molecule has 8 nitrogen and oxygen atoms in total. The molecule has 0 bridgehead atoms. The van der Waals surface area contributed by atoms with Crippen molar-refractivity contribution in [1.82, 2.24) is 10.2 Å². The zero-order valence-corrected chi connectivity index (χ0v) is 14.6. The third-order valence-corrected chi connectivity index (χ3v) is 4.67. The van der Waals surface area contributed by atoms with Crippen LogP contribution in [0.3, 0.4) is 0 Å². The van der Waals surface area contributed by atoms with Crippen LogP contribution in [0.5, 0.6) is 0 Å². The third-order valence-electron chi connectivity index (χ3n) is 4.67. The molecule has 2 saturated heterocycles. The first-order valence-electron chi connectivity index (χ1n) is 8.79. The van der Waals surface area contributed by atoms with E-state index in [0.29, 0.717) is 25.2 Å². The molecule has 2 aliphatic heterocycles. The maximum absolute atomic E-state index is 12.6. The Hall–Kier alpha value is -2.45. The lowest BCUT2D eigenvalue weighted by atomic mass is 10.1. The van der Waals surface area contributed by atoms with Crippen LogP contribution in [-0.4, -0.2) is 54.6 Å². The molecule has 0 spiro atoms. The van der Waals surface area contributed by atoms with Crippen molar-refractivity contribution < 1.29 is 19.1 Å². The van der Waals surface area contributed by atoms with E-state index in [4.69, 9.17) is 20.6 Å². The molecule has 2 aliphatic rings. The van der Waals surface area contributed by atoms with Gasteiger partial charge in [0.05, 0.1) is 0 Å². The van der Waals surface area contributed by atoms with Crippen LogP contribution in [-0.2, 0) is 25.6 Å². The highest BCUT2D eigenvalue weighted by Crippen LogP contribution is 2.19. The van der Waals surface area contributed by atoms with E-state index in [1.54, 1.807) is 29.2 Å². The van der Waals surface area contributed by atoms with Crippen LogP contribution in [0.15, 0.2) is 24.3 Å². The van der Waals surface area contributed by atoms with Crippen LogP contribution >= 0.6 is 0 Å². The summed E-state index contributed by atoms with van der Waals surface area (Å²) in [5.74, 6) is -0.544. The molecular formula is C18H24N4O4. The van der Waals surface area contributed by atoms with Gasteiger partial charge in [-0.3, -0.25) is 15.0 Å². The average molecular weight is 360 g/mol. The molecule has 2 unspecified atom stereocenters. The standard InChI is InChI=1S/C18H24N4O4/c19-16(20)13-6-4-12(5-7-13)10-21-17(23)14-15(26-11-25-14)18(24)22-8-2-1-3-9-22/h4-7,14-15H,1-3,8-11H2,(H3,19,20)(H,21,23). The van der Waals surface area contributed by atoms with Crippen LogP contribution in [0.2, 0.25) is 0 Å². The van der Waals surface area contributed by atoms with Crippen molar-refractivity contribution >= 4 is 17.6 Å². The molecule has 1 aromatic carbocycles. The van der Waals surface area contributed by atoms with Gasteiger partial charge in [-0.15, -0.1) is 0 Å². The summed E-state index contributed by atoms with van der Waals surface area (Å²) in [7, 11) is 0. The van der Waals surface area contributed by atoms with E-state index < -0.39 is 12.2 Å². The number of hydrogen-bond acceptors (Lipinski definition) is 5. The Labute approximate surface area is 152 Å². The Kier molecular flexibility index (Phi) is 5.85. The summed E-state index contributed by atoms with van der Waals surface area (Å²) in [4.78, 5) is 26.8. The first-order valence-corrected chi connectivity index (χ1v) is 8.79. The number of likely N-dealkylation sites (tertiary alicyclic amines) is 1. The fourth-order valence-corrected chi connectivity index (χ4v) is 3.16. The number of benzene rings is 1. The molecule has 2 heterocycles. The normalized spacial score (nSPS) is 22.8. The smallest absolute Gasteiger partial charge is 0.255 e. The second-order valence-electron chi connectivity index (χ2n) is 6.51. The van der Waals surface area contributed by atoms with Crippen LogP contribution in [0.25, 0.3) is 0 Å². The van der Waals surface area contributed by atoms with E-state index in [2.05, 4.69) is 5.32 Å². The lowest BCUT2D eigenvalue weighted by Crippen LogP contribution is -2.50. The van der Waals surface area contributed by atoms with Crippen molar-refractivity contribution in [3.63, 3.8) is 0 Å². The summed E-state index contributed by atoms with van der Waals surface area (Å²) < 4.78 is 10.7. The van der Waals surface area contributed by atoms with Gasteiger partial charge in [-0.1, -0.05) is 24.3 Å². The fourth-order valence-electron chi connectivity index (χ4n) is 3.16. The first-order chi connectivity index (χ1) is 12.6. The van der Waals surface area contributed by atoms with Gasteiger partial charge in [0, 0.05) is 25.2 Å². The molecule has 0 saturated carbocycles. The summed E-state index contributed by atoms with van der Waals surface area (Å²) in [6.45, 7) is 1.64. The highest BCUT2D eigenvalue weighted by atomic mass is 16.7. The van der Waals surface area contributed by atoms with Crippen LogP contribution in [0.1, 0.15) is 30.4 Å². The minimum atomic E-state index is -0.930. The molecule has 8 heteroatoms. The van der Waals surface area contributed by atoms with Crippen LogP contribution in [0.4, 0.5) is 0 Å². The molecule has 0 aliphatic carbocycles. The predicted molar refractivity (Wildman–Crippen MR) is 94.3 cm³/mol. The number of ether oxygens (including phenoxy) is 2. The summed E-state index contributed by atoms with van der Waals surface area (Å²) in [6, 6.07) is 7.03. The van der Waals surface area contributed by atoms with E-state index >= 15 is 0 Å². The molecule has 2 fully saturated rings. The number of amides is 2. The number of nitrogen functional groups attached to an aromatic ring is 1. The molecular weight excluding hydrogens is 336 g/mol. The quantitative estimate of drug-likeness (QED) is 0.517. The fraction of sp³-hybridized carbons (Fsp3) is 0.500. The molecule has 0 aromatic heterocycles. The van der Waals surface area contributed by atoms with E-state index in [1.165, 1.54) is 0 Å². The lowest BCUT2D eigenvalue weighted by Gasteiger charge is -2.29. The van der Waals surface area contributed by atoms with Crippen molar-refractivity contribution in [2.45, 2.75) is 38.0 Å². The minimum Gasteiger partial charge on any atom is -0.384 e. The number of carbonyl (C=O) groups is 2. The molecule has 3 rings (SSSR count). The molecule has 1 aromatic rings. The van der Waals surface area contributed by atoms with Gasteiger partial charge in [-0.25, -0.2) is 0 Å². The maximum Gasteiger partial charge on any atom is 0.255 e. The van der Waals surface area contributed by atoms with Crippen molar-refractivity contribution in [1.29, 1.82) is 5.41 Å². The summed E-state index contributed by atoms with van der Waals surface area (Å²) in [5.41, 5.74) is 6.91. The van der Waals surface area contributed by atoms with Crippen molar-refractivity contribution in [3.05, 3.63) is 35.4 Å². The van der Waals surface area contributed by atoms with Gasteiger partial charge in [-0.2, -0.15) is 0 Å². The highest BCUT2D eigenvalue weighted by molar-refractivity contribution is 5.95. The van der Waals surface area contributed by atoms with Gasteiger partial charge in [-0.05, 0) is 24.8 Å². The zero-order valence-electron chi connectivity index (χ0n) is 14.6. The van der Waals surface area contributed by atoms with Gasteiger partial charge in [0.25, 0.3) is 11.8 Å². The van der Waals surface area contributed by atoms with E-state index in [1.807, 2.05) is 0 Å². The van der Waals surface area contributed by atoms with Crippen LogP contribution in [0, 0.1) is 5.41 Å². The number of hydrogen-bond donors (Lipinski definition) is 3. The summed E-state index contributed by atoms with van der Waals surface area (Å²) >= 11 is 0. The number of amidine groups is 1. The van der Waals surface area contributed by atoms with Crippen molar-refractivity contribution in [2.24, 2.45) is 5.73 Å². The number of piperidine rings is 1. The Morgan fingerprint density at radius 1 is 1.12 bits per heavy atom. The second-order valence-corrected chi connectivity index (χ2v) is 6.51. The zero-order chi connectivity index (χ0) is 18.5. The maximum atomic E-state index is 12.6. The monoisotopic (exact) mass is 360 g/mol. The molecule has 2 amide bonds. The number of nitrogens with two attached hydrogens (primary N) is 1. The second kappa shape index (κ2) is 8.29. The number of nitrogens with one attached hydrogen (secondary N) is 2. The summed E-state index contributed by atoms with van der Waals surface area (Å²) in [5, 5.41) is 10.2. The largest absolute Gasteiger partial charge is 0.384 e. The van der Waals surface area contributed by atoms with Crippen molar-refractivity contribution in [3.8, 4) is 0 Å². The first kappa shape index (κ1) is 18.3. The van der Waals surface area contributed by atoms with Gasteiger partial charge >= 0.3 is 0 Å². The SMILES string of the molecule is N=C(N)c1ccc(CNC(=O)C2OCOC2C(=O)N2CCCCC2)cc1. The molecule has 140 valence electrons. The summed E-state index contributed by atoms with van der Waals surface area (Å²) in [6.07, 6.45) is 1.27. The van der Waals surface area contributed by atoms with Gasteiger partial charge in [0.15, 0.2) is 12.2 Å². The Bertz CT molecular complexity index is 670. The number of carbonyl (C=O) groups excluding carboxylic acids is 2. The van der Waals surface area contributed by atoms with E-state index in [-0.39, 0.29) is 24.4 Å². The topological polar surface area (TPSA) is 118 Å². The number of rotatable bonds is 5. The molecule has 0 radical (unpaired) electrons. The average Bonchev–Trinajstić information content (AvgIpc) is 3.16. The van der Waals surface area contributed by atoms with Gasteiger partial charge in [0.1, 0.15) is 12.6 Å². The molecule has 4 N–H and O–H groups in total. The Morgan fingerprint density at radius 2 is 1.77 bits per heavy atom. The highest BCUT2D eigenvalue weighted by Gasteiger charge is 2.42. The Morgan fingerprint density at radius 3 is 2.42 bits per heavy atom. The molecule has 2 atom stereocenters. The lowest BCUT2D eigenvalue weighted by molar-refractivity contribution is -0.145. The number of nitrogens with zero attached hydrogens (tertiary/aromatic N) is 1. The van der Waals surface area contributed by atoms with E-state index in [9.17, 15) is 9.59 Å².